The third kappa shape index (κ3) is 5.06. The molecule has 0 radical (unpaired) electrons. The lowest BCUT2D eigenvalue weighted by Crippen LogP contribution is -2.41. The maximum absolute atomic E-state index is 13.2. The number of carbonyl (C=O) groups excluding carboxylic acids is 1. The van der Waals surface area contributed by atoms with Crippen molar-refractivity contribution >= 4 is 21.6 Å². The lowest BCUT2D eigenvalue weighted by molar-refractivity contribution is 0.0730. The third-order valence-corrected chi connectivity index (χ3v) is 8.20. The highest BCUT2D eigenvalue weighted by atomic mass is 32.2. The van der Waals surface area contributed by atoms with Crippen molar-refractivity contribution in [2.45, 2.75) is 38.6 Å². The first kappa shape index (κ1) is 24.1. The number of hydrogen-bond acceptors (Lipinski definition) is 5. The number of hydrogen-bond donors (Lipinski definition) is 1. The number of sulfonamides is 1. The van der Waals surface area contributed by atoms with Crippen molar-refractivity contribution in [3.05, 3.63) is 76.6 Å². The maximum Gasteiger partial charge on any atom is 0.255 e. The second-order valence-corrected chi connectivity index (χ2v) is 10.3. The molecular weight excluding hydrogens is 452 g/mol. The summed E-state index contributed by atoms with van der Waals surface area (Å²) in [4.78, 5) is 12.9. The van der Waals surface area contributed by atoms with E-state index in [-0.39, 0.29) is 10.8 Å². The minimum Gasteiger partial charge on any atom is -0.379 e. The van der Waals surface area contributed by atoms with Crippen molar-refractivity contribution in [2.24, 2.45) is 0 Å². The molecule has 8 nitrogen and oxygen atoms in total. The number of nitrogens with zero attached hydrogens (tertiary/aromatic N) is 3. The summed E-state index contributed by atoms with van der Waals surface area (Å²) in [5.74, 6) is -0.180. The second kappa shape index (κ2) is 10.1. The van der Waals surface area contributed by atoms with E-state index in [0.717, 1.165) is 17.7 Å². The van der Waals surface area contributed by atoms with Crippen molar-refractivity contribution in [3.8, 4) is 0 Å². The summed E-state index contributed by atoms with van der Waals surface area (Å²) in [6.07, 6.45) is 0.950. The van der Waals surface area contributed by atoms with Crippen LogP contribution in [0.25, 0.3) is 0 Å². The average Bonchev–Trinajstić information content (AvgIpc) is 3.13. The number of morpholine rings is 1. The molecule has 3 aromatic rings. The van der Waals surface area contributed by atoms with E-state index in [1.54, 1.807) is 30.7 Å². The number of benzene rings is 2. The Morgan fingerprint density at radius 2 is 1.62 bits per heavy atom. The van der Waals surface area contributed by atoms with Gasteiger partial charge in [-0.05, 0) is 55.7 Å². The minimum absolute atomic E-state index is 0.180. The van der Waals surface area contributed by atoms with Gasteiger partial charge in [-0.2, -0.15) is 9.40 Å². The topological polar surface area (TPSA) is 93.5 Å². The lowest BCUT2D eigenvalue weighted by Gasteiger charge is -2.26. The first-order valence-corrected chi connectivity index (χ1v) is 12.8. The molecule has 0 spiro atoms. The molecule has 2 heterocycles. The highest BCUT2D eigenvalue weighted by Gasteiger charge is 2.32. The molecule has 1 aromatic heterocycles. The number of carbonyl (C=O) groups is 1. The minimum atomic E-state index is -3.63. The van der Waals surface area contributed by atoms with Gasteiger partial charge in [-0.1, -0.05) is 31.2 Å². The van der Waals surface area contributed by atoms with Crippen molar-refractivity contribution in [3.63, 3.8) is 0 Å². The van der Waals surface area contributed by atoms with E-state index in [0.29, 0.717) is 49.8 Å². The molecule has 1 aliphatic heterocycles. The van der Waals surface area contributed by atoms with Crippen LogP contribution in [0.2, 0.25) is 0 Å². The molecule has 9 heteroatoms. The highest BCUT2D eigenvalue weighted by molar-refractivity contribution is 7.89. The normalized spacial score (nSPS) is 14.8. The van der Waals surface area contributed by atoms with Gasteiger partial charge >= 0.3 is 0 Å². The Labute approximate surface area is 200 Å². The Kier molecular flexibility index (Phi) is 7.16. The Hall–Kier alpha value is -3.01. The fourth-order valence-corrected chi connectivity index (χ4v) is 5.87. The van der Waals surface area contributed by atoms with Gasteiger partial charge in [0.05, 0.1) is 31.1 Å². The molecule has 0 saturated carbocycles. The smallest absolute Gasteiger partial charge is 0.255 e. The molecule has 180 valence electrons. The van der Waals surface area contributed by atoms with E-state index >= 15 is 0 Å². The summed E-state index contributed by atoms with van der Waals surface area (Å²) in [6, 6.07) is 15.1. The van der Waals surface area contributed by atoms with Gasteiger partial charge < -0.3 is 10.1 Å². The van der Waals surface area contributed by atoms with Gasteiger partial charge in [0.15, 0.2) is 0 Å². The van der Waals surface area contributed by atoms with Crippen LogP contribution in [0.1, 0.15) is 39.8 Å². The highest BCUT2D eigenvalue weighted by Crippen LogP contribution is 2.25. The molecule has 1 N–H and O–H groups in total. The van der Waals surface area contributed by atoms with Gasteiger partial charge in [-0.3, -0.25) is 9.48 Å². The summed E-state index contributed by atoms with van der Waals surface area (Å²) in [5, 5.41) is 7.40. The lowest BCUT2D eigenvalue weighted by atomic mass is 10.1. The van der Waals surface area contributed by atoms with Crippen LogP contribution in [0.5, 0.6) is 0 Å². The number of aromatic nitrogens is 2. The largest absolute Gasteiger partial charge is 0.379 e. The van der Waals surface area contributed by atoms with Crippen LogP contribution in [-0.2, 0) is 27.7 Å². The molecule has 1 aliphatic rings. The Balaban J connectivity index is 1.47. The standard InChI is InChI=1S/C25H30N4O4S/c1-4-20-7-11-23(12-8-20)26-25(30)22-9-5-21(6-10-22)17-29-19(3)24(18(2)27-29)34(31,32)28-13-15-33-16-14-28/h5-12H,4,13-17H2,1-3H3,(H,26,30). The number of anilines is 1. The van der Waals surface area contributed by atoms with E-state index in [4.69, 9.17) is 4.74 Å². The number of amides is 1. The molecule has 0 atom stereocenters. The van der Waals surface area contributed by atoms with Gasteiger partial charge in [0.1, 0.15) is 4.90 Å². The molecule has 4 rings (SSSR count). The first-order valence-electron chi connectivity index (χ1n) is 11.4. The van der Waals surface area contributed by atoms with E-state index in [1.165, 1.54) is 9.87 Å². The van der Waals surface area contributed by atoms with Crippen LogP contribution in [0, 0.1) is 13.8 Å². The molecule has 0 unspecified atom stereocenters. The van der Waals surface area contributed by atoms with Gasteiger partial charge in [-0.25, -0.2) is 8.42 Å². The molecule has 0 bridgehead atoms. The SMILES string of the molecule is CCc1ccc(NC(=O)c2ccc(Cn3nc(C)c(S(=O)(=O)N4CCOCC4)c3C)cc2)cc1. The van der Waals surface area contributed by atoms with E-state index in [2.05, 4.69) is 17.3 Å². The van der Waals surface area contributed by atoms with Gasteiger partial charge in [-0.15, -0.1) is 0 Å². The zero-order chi connectivity index (χ0) is 24.3. The molecular formula is C25H30N4O4S. The second-order valence-electron chi connectivity index (χ2n) is 8.38. The zero-order valence-corrected chi connectivity index (χ0v) is 20.6. The Bertz CT molecular complexity index is 1260. The third-order valence-electron chi connectivity index (χ3n) is 6.05. The van der Waals surface area contributed by atoms with E-state index in [1.807, 2.05) is 36.4 Å². The van der Waals surface area contributed by atoms with E-state index in [9.17, 15) is 13.2 Å². The van der Waals surface area contributed by atoms with Crippen molar-refractivity contribution in [1.82, 2.24) is 14.1 Å². The summed E-state index contributed by atoms with van der Waals surface area (Å²) < 4.78 is 34.8. The van der Waals surface area contributed by atoms with Crippen LogP contribution in [-0.4, -0.2) is 54.7 Å². The Morgan fingerprint density at radius 1 is 1.00 bits per heavy atom. The Morgan fingerprint density at radius 3 is 2.24 bits per heavy atom. The molecule has 34 heavy (non-hydrogen) atoms. The summed E-state index contributed by atoms with van der Waals surface area (Å²) in [7, 11) is -3.63. The van der Waals surface area contributed by atoms with Crippen LogP contribution < -0.4 is 5.32 Å². The average molecular weight is 483 g/mol. The van der Waals surface area contributed by atoms with Gasteiger partial charge in [0.25, 0.3) is 5.91 Å². The van der Waals surface area contributed by atoms with Crippen molar-refractivity contribution < 1.29 is 17.9 Å². The fraction of sp³-hybridized carbons (Fsp3) is 0.360. The van der Waals surface area contributed by atoms with Gasteiger partial charge in [0, 0.05) is 24.3 Å². The molecule has 1 saturated heterocycles. The first-order chi connectivity index (χ1) is 16.3. The van der Waals surface area contributed by atoms with Crippen molar-refractivity contribution in [2.75, 3.05) is 31.6 Å². The summed E-state index contributed by atoms with van der Waals surface area (Å²) in [6.45, 7) is 7.48. The van der Waals surface area contributed by atoms with Crippen LogP contribution >= 0.6 is 0 Å². The predicted molar refractivity (Wildman–Crippen MR) is 131 cm³/mol. The number of aryl methyl sites for hydroxylation is 2. The molecule has 0 aliphatic carbocycles. The summed E-state index contributed by atoms with van der Waals surface area (Å²) in [5.41, 5.74) is 4.52. The number of rotatable bonds is 7. The maximum atomic E-state index is 13.2. The van der Waals surface area contributed by atoms with Gasteiger partial charge in [0.2, 0.25) is 10.0 Å². The van der Waals surface area contributed by atoms with Crippen LogP contribution in [0.4, 0.5) is 5.69 Å². The zero-order valence-electron chi connectivity index (χ0n) is 19.7. The fourth-order valence-electron chi connectivity index (χ4n) is 4.09. The molecule has 2 aromatic carbocycles. The summed E-state index contributed by atoms with van der Waals surface area (Å²) >= 11 is 0. The molecule has 1 fully saturated rings. The van der Waals surface area contributed by atoms with Crippen molar-refractivity contribution in [1.29, 1.82) is 0 Å². The monoisotopic (exact) mass is 482 g/mol. The van der Waals surface area contributed by atoms with E-state index < -0.39 is 10.0 Å². The molecule has 1 amide bonds. The van der Waals surface area contributed by atoms with Crippen LogP contribution in [0.15, 0.2) is 53.4 Å². The quantitative estimate of drug-likeness (QED) is 0.557. The van der Waals surface area contributed by atoms with Crippen LogP contribution in [0.3, 0.4) is 0 Å². The number of ether oxygens (including phenoxy) is 1. The number of nitrogens with one attached hydrogen (secondary N) is 1. The predicted octanol–water partition coefficient (Wildman–Crippen LogP) is 3.38.